The van der Waals surface area contributed by atoms with E-state index in [0.29, 0.717) is 21.2 Å². The van der Waals surface area contributed by atoms with Crippen LogP contribution in [-0.2, 0) is 21.2 Å². The summed E-state index contributed by atoms with van der Waals surface area (Å²) in [6.07, 6.45) is 0. The van der Waals surface area contributed by atoms with Gasteiger partial charge in [0.25, 0.3) is 0 Å². The van der Waals surface area contributed by atoms with Crippen molar-refractivity contribution in [1.29, 1.82) is 0 Å². The average Bonchev–Trinajstić information content (AvgIpc) is 2.41. The van der Waals surface area contributed by atoms with Gasteiger partial charge < -0.3 is 5.11 Å². The SMILES string of the molecule is CC(O)(CS(=O)(=O)Cc1ccc(Cl)cc1Cl)c1ccc(Cl)cc1. The van der Waals surface area contributed by atoms with Crippen molar-refractivity contribution in [3.63, 3.8) is 0 Å². The van der Waals surface area contributed by atoms with Gasteiger partial charge in [0.2, 0.25) is 0 Å². The van der Waals surface area contributed by atoms with Crippen LogP contribution in [0.25, 0.3) is 0 Å². The summed E-state index contributed by atoms with van der Waals surface area (Å²) in [5.74, 6) is -0.701. The zero-order chi connectivity index (χ0) is 17.3. The summed E-state index contributed by atoms with van der Waals surface area (Å²) >= 11 is 17.6. The van der Waals surface area contributed by atoms with Crippen molar-refractivity contribution in [3.8, 4) is 0 Å². The van der Waals surface area contributed by atoms with Crippen LogP contribution in [0, 0.1) is 0 Å². The smallest absolute Gasteiger partial charge is 0.157 e. The summed E-state index contributed by atoms with van der Waals surface area (Å²) in [5, 5.41) is 11.8. The molecule has 0 saturated heterocycles. The quantitative estimate of drug-likeness (QED) is 0.815. The molecule has 2 aromatic carbocycles. The molecule has 0 amide bonds. The van der Waals surface area contributed by atoms with Gasteiger partial charge in [0.15, 0.2) is 9.84 Å². The van der Waals surface area contributed by atoms with Crippen molar-refractivity contribution in [2.75, 3.05) is 5.75 Å². The highest BCUT2D eigenvalue weighted by atomic mass is 35.5. The zero-order valence-corrected chi connectivity index (χ0v) is 15.3. The zero-order valence-electron chi connectivity index (χ0n) is 12.3. The van der Waals surface area contributed by atoms with Gasteiger partial charge in [0.05, 0.1) is 11.5 Å². The number of sulfone groups is 1. The topological polar surface area (TPSA) is 54.4 Å². The number of hydrogen-bond donors (Lipinski definition) is 1. The van der Waals surface area contributed by atoms with Crippen LogP contribution in [0.2, 0.25) is 15.1 Å². The monoisotopic (exact) mass is 392 g/mol. The molecule has 0 aliphatic rings. The molecule has 23 heavy (non-hydrogen) atoms. The average molecular weight is 394 g/mol. The molecular weight excluding hydrogens is 379 g/mol. The first-order valence-corrected chi connectivity index (χ1v) is 9.67. The van der Waals surface area contributed by atoms with Crippen LogP contribution in [0.1, 0.15) is 18.1 Å². The Balaban J connectivity index is 2.21. The number of benzene rings is 2. The van der Waals surface area contributed by atoms with Gasteiger partial charge >= 0.3 is 0 Å². The maximum Gasteiger partial charge on any atom is 0.157 e. The van der Waals surface area contributed by atoms with E-state index in [1.165, 1.54) is 13.0 Å². The van der Waals surface area contributed by atoms with Gasteiger partial charge in [-0.1, -0.05) is 53.0 Å². The third-order valence-corrected chi connectivity index (χ3v) is 5.95. The van der Waals surface area contributed by atoms with Crippen LogP contribution >= 0.6 is 34.8 Å². The number of hydrogen-bond acceptors (Lipinski definition) is 3. The normalized spacial score (nSPS) is 14.5. The van der Waals surface area contributed by atoms with Gasteiger partial charge in [-0.25, -0.2) is 8.42 Å². The number of halogens is 3. The maximum atomic E-state index is 12.4. The van der Waals surface area contributed by atoms with Gasteiger partial charge in [-0.2, -0.15) is 0 Å². The first kappa shape index (κ1) is 18.6. The molecule has 0 saturated carbocycles. The Morgan fingerprint density at radius 3 is 2.13 bits per heavy atom. The minimum atomic E-state index is -3.60. The molecule has 124 valence electrons. The summed E-state index contributed by atoms with van der Waals surface area (Å²) < 4.78 is 24.8. The van der Waals surface area contributed by atoms with Crippen LogP contribution in [0.4, 0.5) is 0 Å². The van der Waals surface area contributed by atoms with Gasteiger partial charge in [-0.05, 0) is 42.3 Å². The van der Waals surface area contributed by atoms with E-state index in [1.54, 1.807) is 36.4 Å². The Bertz CT molecular complexity index is 800. The highest BCUT2D eigenvalue weighted by Gasteiger charge is 2.30. The third kappa shape index (κ3) is 5.10. The van der Waals surface area contributed by atoms with E-state index >= 15 is 0 Å². The predicted octanol–water partition coefficient (Wildman–Crippen LogP) is 4.47. The molecule has 1 N–H and O–H groups in total. The van der Waals surface area contributed by atoms with Crippen LogP contribution in [0.3, 0.4) is 0 Å². The van der Waals surface area contributed by atoms with Crippen LogP contribution < -0.4 is 0 Å². The Labute approximate surface area is 150 Å². The van der Waals surface area contributed by atoms with Crippen molar-refractivity contribution in [2.24, 2.45) is 0 Å². The van der Waals surface area contributed by atoms with Crippen LogP contribution in [0.5, 0.6) is 0 Å². The first-order chi connectivity index (χ1) is 10.6. The lowest BCUT2D eigenvalue weighted by Crippen LogP contribution is -2.31. The molecule has 0 aromatic heterocycles. The maximum absolute atomic E-state index is 12.4. The van der Waals surface area contributed by atoms with Crippen molar-refractivity contribution in [3.05, 3.63) is 68.7 Å². The Kier molecular flexibility index (Phi) is 5.64. The number of rotatable bonds is 5. The lowest BCUT2D eigenvalue weighted by atomic mass is 9.98. The molecule has 0 radical (unpaired) electrons. The molecule has 2 rings (SSSR count). The Hall–Kier alpha value is -0.780. The van der Waals surface area contributed by atoms with E-state index in [2.05, 4.69) is 0 Å². The van der Waals surface area contributed by atoms with E-state index in [-0.39, 0.29) is 10.8 Å². The summed E-state index contributed by atoms with van der Waals surface area (Å²) in [4.78, 5) is 0. The second-order valence-corrected chi connectivity index (χ2v) is 8.89. The van der Waals surface area contributed by atoms with Crippen LogP contribution in [0.15, 0.2) is 42.5 Å². The second kappa shape index (κ2) is 6.99. The molecule has 0 aliphatic heterocycles. The lowest BCUT2D eigenvalue weighted by molar-refractivity contribution is 0.0819. The molecule has 1 atom stereocenters. The van der Waals surface area contributed by atoms with Gasteiger partial charge in [0.1, 0.15) is 5.60 Å². The molecule has 3 nitrogen and oxygen atoms in total. The molecule has 0 bridgehead atoms. The van der Waals surface area contributed by atoms with Crippen molar-refractivity contribution in [1.82, 2.24) is 0 Å². The summed E-state index contributed by atoms with van der Waals surface area (Å²) in [7, 11) is -3.60. The Morgan fingerprint density at radius 2 is 1.57 bits per heavy atom. The largest absolute Gasteiger partial charge is 0.384 e. The molecule has 0 spiro atoms. The standard InChI is InChI=1S/C16H15Cl3O3S/c1-16(20,12-3-6-13(17)7-4-12)10-23(21,22)9-11-2-5-14(18)8-15(11)19/h2-8,20H,9-10H2,1H3. The van der Waals surface area contributed by atoms with E-state index in [1.807, 2.05) is 0 Å². The van der Waals surface area contributed by atoms with Gasteiger partial charge in [-0.3, -0.25) is 0 Å². The van der Waals surface area contributed by atoms with E-state index in [4.69, 9.17) is 34.8 Å². The fourth-order valence-electron chi connectivity index (χ4n) is 2.25. The molecule has 0 heterocycles. The van der Waals surface area contributed by atoms with E-state index in [9.17, 15) is 13.5 Å². The van der Waals surface area contributed by atoms with E-state index < -0.39 is 21.2 Å². The van der Waals surface area contributed by atoms with Gasteiger partial charge in [-0.15, -0.1) is 0 Å². The summed E-state index contributed by atoms with van der Waals surface area (Å²) in [6, 6.07) is 11.1. The fourth-order valence-corrected chi connectivity index (χ4v) is 4.78. The minimum absolute atomic E-state index is 0.271. The molecule has 7 heteroatoms. The highest BCUT2D eigenvalue weighted by Crippen LogP contribution is 2.27. The first-order valence-electron chi connectivity index (χ1n) is 6.72. The molecule has 2 aromatic rings. The summed E-state index contributed by atoms with van der Waals surface area (Å²) in [6.45, 7) is 1.46. The molecule has 0 aliphatic carbocycles. The molecule has 0 fully saturated rings. The molecular formula is C16H15Cl3O3S. The summed E-state index contributed by atoms with van der Waals surface area (Å²) in [5.41, 5.74) is -0.599. The van der Waals surface area contributed by atoms with Gasteiger partial charge in [0, 0.05) is 15.1 Å². The van der Waals surface area contributed by atoms with Crippen LogP contribution in [-0.4, -0.2) is 19.3 Å². The van der Waals surface area contributed by atoms with E-state index in [0.717, 1.165) is 0 Å². The highest BCUT2D eigenvalue weighted by molar-refractivity contribution is 7.90. The van der Waals surface area contributed by atoms with Crippen molar-refractivity contribution >= 4 is 44.6 Å². The third-order valence-electron chi connectivity index (χ3n) is 3.36. The number of aliphatic hydroxyl groups is 1. The lowest BCUT2D eigenvalue weighted by Gasteiger charge is -2.24. The predicted molar refractivity (Wildman–Crippen MR) is 95.0 cm³/mol. The van der Waals surface area contributed by atoms with Crippen molar-refractivity contribution in [2.45, 2.75) is 18.3 Å². The fraction of sp³-hybridized carbons (Fsp3) is 0.250. The molecule has 1 unspecified atom stereocenters. The second-order valence-electron chi connectivity index (χ2n) is 5.55. The Morgan fingerprint density at radius 1 is 1.00 bits per heavy atom. The van der Waals surface area contributed by atoms with Crippen molar-refractivity contribution < 1.29 is 13.5 Å². The minimum Gasteiger partial charge on any atom is -0.384 e.